The van der Waals surface area contributed by atoms with Crippen molar-refractivity contribution < 1.29 is 19.0 Å². The number of pyridine rings is 2. The van der Waals surface area contributed by atoms with Crippen LogP contribution in [0.4, 0.5) is 11.4 Å². The van der Waals surface area contributed by atoms with Crippen molar-refractivity contribution in [2.24, 2.45) is 0 Å². The van der Waals surface area contributed by atoms with Gasteiger partial charge in [0.2, 0.25) is 0 Å². The third-order valence-corrected chi connectivity index (χ3v) is 5.09. The first kappa shape index (κ1) is 23.9. The van der Waals surface area contributed by atoms with Crippen LogP contribution in [-0.2, 0) is 9.47 Å². The maximum atomic E-state index is 10.8. The van der Waals surface area contributed by atoms with Crippen molar-refractivity contribution in [3.05, 3.63) is 89.9 Å². The molecule has 4 aromatic rings. The molecule has 0 amide bonds. The van der Waals surface area contributed by atoms with Gasteiger partial charge in [-0.3, -0.25) is 14.8 Å². The Balaban J connectivity index is 1.53. The lowest BCUT2D eigenvalue weighted by Crippen LogP contribution is -2.10. The average Bonchev–Trinajstić information content (AvgIpc) is 2.91. The first-order chi connectivity index (χ1) is 17.3. The summed E-state index contributed by atoms with van der Waals surface area (Å²) in [6.07, 6.45) is 4.03. The zero-order valence-electron chi connectivity index (χ0n) is 19.4. The second kappa shape index (κ2) is 12.3. The minimum absolute atomic E-state index is 0.378. The van der Waals surface area contributed by atoms with Crippen LogP contribution in [0.3, 0.4) is 0 Å². The Hall–Kier alpha value is -4.25. The van der Waals surface area contributed by atoms with E-state index < -0.39 is 0 Å². The summed E-state index contributed by atoms with van der Waals surface area (Å²) in [5.41, 5.74) is 4.42. The van der Waals surface area contributed by atoms with E-state index in [0.717, 1.165) is 39.2 Å². The second-order valence-corrected chi connectivity index (χ2v) is 7.47. The lowest BCUT2D eigenvalue weighted by Gasteiger charge is -2.13. The quantitative estimate of drug-likeness (QED) is 0.207. The third kappa shape index (κ3) is 6.42. The minimum Gasteiger partial charge on any atom is -0.490 e. The van der Waals surface area contributed by atoms with Crippen molar-refractivity contribution in [3.63, 3.8) is 0 Å². The number of hydrogen-bond donors (Lipinski definition) is 1. The van der Waals surface area contributed by atoms with Crippen LogP contribution < -0.4 is 10.1 Å². The summed E-state index contributed by atoms with van der Waals surface area (Å²) in [6.45, 7) is 2.00. The van der Waals surface area contributed by atoms with Gasteiger partial charge in [-0.25, -0.2) is 0 Å². The fraction of sp³-hybridized carbons (Fsp3) is 0.179. The molecule has 2 aromatic heterocycles. The molecule has 0 aliphatic heterocycles. The van der Waals surface area contributed by atoms with Gasteiger partial charge in [-0.05, 0) is 42.5 Å². The Bertz CT molecular complexity index is 1340. The molecule has 0 aliphatic carbocycles. The molecule has 0 aliphatic rings. The number of hydrogen-bond acceptors (Lipinski definition) is 7. The van der Waals surface area contributed by atoms with Gasteiger partial charge in [0.15, 0.2) is 6.29 Å². The van der Waals surface area contributed by atoms with Crippen molar-refractivity contribution in [2.45, 2.75) is 0 Å². The fourth-order valence-electron chi connectivity index (χ4n) is 3.37. The van der Waals surface area contributed by atoms with Crippen LogP contribution in [0.1, 0.15) is 21.6 Å². The number of carbonyl (C=O) groups excluding carboxylic acids is 1. The number of rotatable bonds is 10. The van der Waals surface area contributed by atoms with Crippen molar-refractivity contribution in [1.82, 2.24) is 9.97 Å². The SMILES string of the molecule is COCCOCCOc1ccnc2c(Nc3ccccc3C#Cc3ccc(C=O)nc3)cccc12. The largest absolute Gasteiger partial charge is 0.490 e. The van der Waals surface area contributed by atoms with Crippen molar-refractivity contribution >= 4 is 28.6 Å². The van der Waals surface area contributed by atoms with Crippen LogP contribution in [0.25, 0.3) is 10.9 Å². The number of aldehydes is 1. The van der Waals surface area contributed by atoms with E-state index in [4.69, 9.17) is 14.2 Å². The molecule has 7 heteroatoms. The molecule has 4 rings (SSSR count). The van der Waals surface area contributed by atoms with Crippen molar-refractivity contribution in [3.8, 4) is 17.6 Å². The summed E-state index contributed by atoms with van der Waals surface area (Å²) in [5, 5.41) is 4.37. The van der Waals surface area contributed by atoms with Gasteiger partial charge >= 0.3 is 0 Å². The van der Waals surface area contributed by atoms with Crippen LogP contribution in [0.2, 0.25) is 0 Å². The van der Waals surface area contributed by atoms with Crippen LogP contribution >= 0.6 is 0 Å². The standard InChI is InChI=1S/C28H25N3O4/c1-33-15-16-34-17-18-35-27-13-14-29-28-24(27)6-4-8-26(28)31-25-7-3-2-5-22(25)11-9-21-10-12-23(20-32)30-19-21/h2-8,10,12-14,19-20,31H,15-18H2,1H3. The number of benzene rings is 2. The highest BCUT2D eigenvalue weighted by atomic mass is 16.5. The maximum absolute atomic E-state index is 10.8. The molecular formula is C28H25N3O4. The molecule has 0 spiro atoms. The predicted octanol–water partition coefficient (Wildman–Crippen LogP) is 4.63. The maximum Gasteiger partial charge on any atom is 0.168 e. The Kier molecular flexibility index (Phi) is 8.38. The van der Waals surface area contributed by atoms with Gasteiger partial charge in [0.25, 0.3) is 0 Å². The first-order valence-corrected chi connectivity index (χ1v) is 11.1. The Morgan fingerprint density at radius 2 is 1.74 bits per heavy atom. The molecule has 0 unspecified atom stereocenters. The topological polar surface area (TPSA) is 82.6 Å². The van der Waals surface area contributed by atoms with E-state index >= 15 is 0 Å². The average molecular weight is 468 g/mol. The molecule has 0 bridgehead atoms. The lowest BCUT2D eigenvalue weighted by molar-refractivity contribution is 0.0546. The first-order valence-electron chi connectivity index (χ1n) is 11.1. The van der Waals surface area contributed by atoms with Crippen molar-refractivity contribution in [2.75, 3.05) is 38.9 Å². The molecule has 0 fully saturated rings. The lowest BCUT2D eigenvalue weighted by atomic mass is 10.1. The van der Waals surface area contributed by atoms with Gasteiger partial charge in [-0.15, -0.1) is 0 Å². The zero-order valence-corrected chi connectivity index (χ0v) is 19.4. The highest BCUT2D eigenvalue weighted by Gasteiger charge is 2.09. The highest BCUT2D eigenvalue weighted by Crippen LogP contribution is 2.31. The fourth-order valence-corrected chi connectivity index (χ4v) is 3.37. The van der Waals surface area contributed by atoms with Crippen molar-refractivity contribution in [1.29, 1.82) is 0 Å². The highest BCUT2D eigenvalue weighted by molar-refractivity contribution is 5.96. The Morgan fingerprint density at radius 3 is 2.57 bits per heavy atom. The van der Waals surface area contributed by atoms with E-state index in [-0.39, 0.29) is 0 Å². The number of anilines is 2. The second-order valence-electron chi connectivity index (χ2n) is 7.47. The molecule has 2 heterocycles. The number of aromatic nitrogens is 2. The number of nitrogens with one attached hydrogen (secondary N) is 1. The third-order valence-electron chi connectivity index (χ3n) is 5.09. The van der Waals surface area contributed by atoms with Gasteiger partial charge in [-0.1, -0.05) is 30.0 Å². The van der Waals surface area contributed by atoms with E-state index in [1.165, 1.54) is 0 Å². The predicted molar refractivity (Wildman–Crippen MR) is 135 cm³/mol. The summed E-state index contributed by atoms with van der Waals surface area (Å²) >= 11 is 0. The molecular weight excluding hydrogens is 442 g/mol. The molecule has 1 N–H and O–H groups in total. The summed E-state index contributed by atoms with van der Waals surface area (Å²) in [5.74, 6) is 7.03. The van der Waals surface area contributed by atoms with Gasteiger partial charge in [-0.2, -0.15) is 0 Å². The van der Waals surface area contributed by atoms with Crippen LogP contribution in [-0.4, -0.2) is 49.8 Å². The Morgan fingerprint density at radius 1 is 0.886 bits per heavy atom. The van der Waals surface area contributed by atoms with Gasteiger partial charge in [0.1, 0.15) is 18.1 Å². The van der Waals surface area contributed by atoms with E-state index in [9.17, 15) is 4.79 Å². The number of carbonyl (C=O) groups is 1. The Labute approximate surface area is 204 Å². The summed E-state index contributed by atoms with van der Waals surface area (Å²) in [4.78, 5) is 19.4. The van der Waals surface area contributed by atoms with E-state index in [2.05, 4.69) is 27.1 Å². The molecule has 2 aromatic carbocycles. The number of ether oxygens (including phenoxy) is 3. The summed E-state index contributed by atoms with van der Waals surface area (Å²) < 4.78 is 16.4. The van der Waals surface area contributed by atoms with Gasteiger partial charge in [0.05, 0.1) is 36.7 Å². The number of nitrogens with zero attached hydrogens (tertiary/aromatic N) is 2. The van der Waals surface area contributed by atoms with Crippen LogP contribution in [0.15, 0.2) is 73.1 Å². The van der Waals surface area contributed by atoms with E-state index in [0.29, 0.717) is 38.4 Å². The summed E-state index contributed by atoms with van der Waals surface area (Å²) in [7, 11) is 1.64. The number of methoxy groups -OCH3 is 1. The molecule has 0 radical (unpaired) electrons. The minimum atomic E-state index is 0.378. The van der Waals surface area contributed by atoms with E-state index in [1.807, 2.05) is 48.5 Å². The van der Waals surface area contributed by atoms with E-state index in [1.54, 1.807) is 31.6 Å². The monoisotopic (exact) mass is 467 g/mol. The molecule has 0 atom stereocenters. The number of para-hydroxylation sites is 2. The van der Waals surface area contributed by atoms with Crippen LogP contribution in [0, 0.1) is 11.8 Å². The molecule has 0 saturated heterocycles. The molecule has 0 saturated carbocycles. The smallest absolute Gasteiger partial charge is 0.168 e. The molecule has 35 heavy (non-hydrogen) atoms. The number of fused-ring (bicyclic) bond motifs is 1. The van der Waals surface area contributed by atoms with Gasteiger partial charge in [0, 0.05) is 36.0 Å². The zero-order chi connectivity index (χ0) is 24.3. The molecule has 7 nitrogen and oxygen atoms in total. The van der Waals surface area contributed by atoms with Gasteiger partial charge < -0.3 is 19.5 Å². The summed E-state index contributed by atoms with van der Waals surface area (Å²) in [6, 6.07) is 19.0. The van der Waals surface area contributed by atoms with Crippen LogP contribution in [0.5, 0.6) is 5.75 Å². The normalized spacial score (nSPS) is 10.4. The molecule has 176 valence electrons.